The van der Waals surface area contributed by atoms with Crippen LogP contribution in [0.1, 0.15) is 57.1 Å². The summed E-state index contributed by atoms with van der Waals surface area (Å²) >= 11 is 14.1. The minimum Gasteiger partial charge on any atom is -0.365 e. The van der Waals surface area contributed by atoms with Gasteiger partial charge in [-0.3, -0.25) is 5.32 Å². The molecule has 0 saturated heterocycles. The molecule has 5 rings (SSSR count). The van der Waals surface area contributed by atoms with Crippen molar-refractivity contribution in [1.82, 2.24) is 10.0 Å². The van der Waals surface area contributed by atoms with Gasteiger partial charge in [0.15, 0.2) is 6.35 Å². The van der Waals surface area contributed by atoms with Gasteiger partial charge >= 0.3 is 0 Å². The number of rotatable bonds is 12. The molecule has 3 aromatic carbocycles. The molecule has 250 valence electrons. The summed E-state index contributed by atoms with van der Waals surface area (Å²) in [4.78, 5) is 1.71. The molecule has 0 saturated carbocycles. The fraction of sp³-hybridized carbons (Fsp3) is 0.314. The predicted octanol–water partition coefficient (Wildman–Crippen LogP) is 8.76. The Morgan fingerprint density at radius 1 is 1.00 bits per heavy atom. The van der Waals surface area contributed by atoms with Crippen LogP contribution < -0.4 is 14.9 Å². The second kappa shape index (κ2) is 15.2. The molecule has 0 radical (unpaired) electrons. The number of aliphatic hydroxyl groups is 1. The minimum atomic E-state index is -4.07. The van der Waals surface area contributed by atoms with Crippen LogP contribution in [0.5, 0.6) is 0 Å². The van der Waals surface area contributed by atoms with Gasteiger partial charge in [-0.1, -0.05) is 73.0 Å². The molecule has 1 heterocycles. The van der Waals surface area contributed by atoms with E-state index in [9.17, 15) is 17.9 Å². The number of aliphatic hydroxyl groups excluding tert-OH is 1. The fourth-order valence-electron chi connectivity index (χ4n) is 5.67. The molecular formula is C35H37Cl2F2N3O3S2. The van der Waals surface area contributed by atoms with E-state index in [1.807, 2.05) is 50.3 Å². The standard InChI is InChI=1S/C35H37Cl2F2N3O3S2/c1-35(2,25-12-14-26(36)15-13-25)32-9-6-10-33(42(32)31-18-16-27(38)19-30(31)39)46-22-24-11-17-28(20-29(24)37)47(44,45)41-34(43)40-21-23-7-4-3-5-8-23/h7,9-20,34,40-41,43H,3-6,8,21-22H2,1-2H3. The van der Waals surface area contributed by atoms with E-state index in [1.165, 1.54) is 36.0 Å². The number of sulfonamides is 1. The maximum atomic E-state index is 15.4. The molecule has 1 atom stereocenters. The molecule has 3 N–H and O–H groups in total. The van der Waals surface area contributed by atoms with Crippen molar-refractivity contribution in [2.24, 2.45) is 0 Å². The molecule has 1 unspecified atom stereocenters. The predicted molar refractivity (Wildman–Crippen MR) is 188 cm³/mol. The lowest BCUT2D eigenvalue weighted by molar-refractivity contribution is 0.129. The van der Waals surface area contributed by atoms with Crippen LogP contribution in [0.4, 0.5) is 14.5 Å². The van der Waals surface area contributed by atoms with Gasteiger partial charge in [0.1, 0.15) is 11.6 Å². The maximum absolute atomic E-state index is 15.4. The summed E-state index contributed by atoms with van der Waals surface area (Å²) in [5.41, 5.74) is 3.19. The number of halogens is 4. The van der Waals surface area contributed by atoms with Crippen molar-refractivity contribution in [3.63, 3.8) is 0 Å². The van der Waals surface area contributed by atoms with Crippen LogP contribution in [0.15, 0.2) is 100 Å². The largest absolute Gasteiger partial charge is 0.365 e. The highest BCUT2D eigenvalue weighted by molar-refractivity contribution is 8.02. The van der Waals surface area contributed by atoms with Crippen LogP contribution >= 0.6 is 35.0 Å². The molecule has 12 heteroatoms. The van der Waals surface area contributed by atoms with Crippen molar-refractivity contribution in [2.45, 2.75) is 68.4 Å². The second-order valence-corrected chi connectivity index (χ2v) is 15.5. The molecule has 1 aliphatic heterocycles. The van der Waals surface area contributed by atoms with Crippen LogP contribution in [-0.2, 0) is 21.2 Å². The summed E-state index contributed by atoms with van der Waals surface area (Å²) < 4.78 is 57.6. The van der Waals surface area contributed by atoms with Gasteiger partial charge in [-0.2, -0.15) is 4.72 Å². The Bertz CT molecular complexity index is 1810. The third-order valence-electron chi connectivity index (χ3n) is 8.31. The smallest absolute Gasteiger partial charge is 0.243 e. The van der Waals surface area contributed by atoms with Gasteiger partial charge in [-0.25, -0.2) is 17.2 Å². The van der Waals surface area contributed by atoms with Crippen molar-refractivity contribution < 1.29 is 22.3 Å². The summed E-state index contributed by atoms with van der Waals surface area (Å²) in [7, 11) is -4.07. The fourth-order valence-corrected chi connectivity index (χ4v) is 8.32. The number of nitrogens with zero attached hydrogens (tertiary/aromatic N) is 1. The van der Waals surface area contributed by atoms with Gasteiger partial charge in [0, 0.05) is 39.5 Å². The Morgan fingerprint density at radius 2 is 1.77 bits per heavy atom. The first-order chi connectivity index (χ1) is 22.3. The summed E-state index contributed by atoms with van der Waals surface area (Å²) in [6.45, 7) is 4.46. The van der Waals surface area contributed by atoms with Gasteiger partial charge in [-0.15, -0.1) is 11.8 Å². The van der Waals surface area contributed by atoms with Crippen LogP contribution in [0.2, 0.25) is 10.0 Å². The summed E-state index contributed by atoms with van der Waals surface area (Å²) in [5.74, 6) is -1.04. The van der Waals surface area contributed by atoms with Gasteiger partial charge in [0.25, 0.3) is 0 Å². The summed E-state index contributed by atoms with van der Waals surface area (Å²) in [6, 6.07) is 15.4. The van der Waals surface area contributed by atoms with Crippen LogP contribution in [0.3, 0.4) is 0 Å². The topological polar surface area (TPSA) is 81.7 Å². The summed E-state index contributed by atoms with van der Waals surface area (Å²) in [6.07, 6.45) is 9.34. The zero-order chi connectivity index (χ0) is 33.8. The van der Waals surface area contributed by atoms with Crippen LogP contribution in [0.25, 0.3) is 0 Å². The third-order valence-corrected chi connectivity index (χ3v) is 11.4. The molecule has 0 bridgehead atoms. The minimum absolute atomic E-state index is 0.0872. The Balaban J connectivity index is 1.33. The Kier molecular flexibility index (Phi) is 11.5. The molecule has 2 aliphatic rings. The average Bonchev–Trinajstić information content (AvgIpc) is 3.03. The normalized spacial score (nSPS) is 16.4. The molecule has 0 spiro atoms. The highest BCUT2D eigenvalue weighted by Gasteiger charge is 2.35. The zero-order valence-corrected chi connectivity index (χ0v) is 29.2. The van der Waals surface area contributed by atoms with Crippen molar-refractivity contribution in [3.05, 3.63) is 128 Å². The van der Waals surface area contributed by atoms with Crippen molar-refractivity contribution in [1.29, 1.82) is 0 Å². The lowest BCUT2D eigenvalue weighted by Crippen LogP contribution is -2.45. The van der Waals surface area contributed by atoms with E-state index in [0.717, 1.165) is 48.6 Å². The Labute approximate surface area is 289 Å². The van der Waals surface area contributed by atoms with Crippen LogP contribution in [0, 0.1) is 11.6 Å². The first-order valence-corrected chi connectivity index (χ1v) is 18.5. The third kappa shape index (κ3) is 8.67. The van der Waals surface area contributed by atoms with Crippen molar-refractivity contribution in [2.75, 3.05) is 11.4 Å². The number of hydrogen-bond acceptors (Lipinski definition) is 6. The van der Waals surface area contributed by atoms with Gasteiger partial charge in [0.05, 0.1) is 15.6 Å². The molecular weight excluding hydrogens is 683 g/mol. The Hall–Kier alpha value is -2.70. The first-order valence-electron chi connectivity index (χ1n) is 15.3. The van der Waals surface area contributed by atoms with Crippen molar-refractivity contribution in [3.8, 4) is 0 Å². The monoisotopic (exact) mass is 719 g/mol. The molecule has 0 aromatic heterocycles. The van der Waals surface area contributed by atoms with E-state index in [1.54, 1.807) is 11.0 Å². The van der Waals surface area contributed by atoms with E-state index in [2.05, 4.69) is 16.1 Å². The highest BCUT2D eigenvalue weighted by Crippen LogP contribution is 2.45. The zero-order valence-electron chi connectivity index (χ0n) is 26.1. The Morgan fingerprint density at radius 3 is 2.45 bits per heavy atom. The average molecular weight is 721 g/mol. The van der Waals surface area contributed by atoms with Crippen LogP contribution in [-0.4, -0.2) is 26.4 Å². The SMILES string of the molecule is CC(C)(C1=CCC=C(SCc2ccc(S(=O)(=O)NC(O)NCC3=CCCCC3)cc2Cl)N1c1ccc(F)cc1F)c1ccc(Cl)cc1. The number of hydrogen-bond donors (Lipinski definition) is 3. The number of thioether (sulfide) groups is 1. The lowest BCUT2D eigenvalue weighted by atomic mass is 9.79. The second-order valence-electron chi connectivity index (χ2n) is 12.0. The molecule has 0 fully saturated rings. The molecule has 0 amide bonds. The van der Waals surface area contributed by atoms with E-state index in [0.29, 0.717) is 34.3 Å². The highest BCUT2D eigenvalue weighted by atomic mass is 35.5. The lowest BCUT2D eigenvalue weighted by Gasteiger charge is -2.40. The van der Waals surface area contributed by atoms with Gasteiger partial charge in [-0.05, 0) is 85.7 Å². The molecule has 3 aromatic rings. The van der Waals surface area contributed by atoms with Gasteiger partial charge < -0.3 is 10.0 Å². The van der Waals surface area contributed by atoms with E-state index >= 15 is 4.39 Å². The number of nitrogens with one attached hydrogen (secondary N) is 2. The summed E-state index contributed by atoms with van der Waals surface area (Å²) in [5, 5.41) is 14.7. The van der Waals surface area contributed by atoms with E-state index < -0.39 is 33.4 Å². The number of benzene rings is 3. The number of allylic oxidation sites excluding steroid dienone is 4. The molecule has 6 nitrogen and oxygen atoms in total. The van der Waals surface area contributed by atoms with Crippen molar-refractivity contribution >= 4 is 50.7 Å². The van der Waals surface area contributed by atoms with E-state index in [-0.39, 0.29) is 15.6 Å². The first kappa shape index (κ1) is 35.6. The van der Waals surface area contributed by atoms with E-state index in [4.69, 9.17) is 23.2 Å². The number of anilines is 1. The van der Waals surface area contributed by atoms with Gasteiger partial charge in [0.2, 0.25) is 10.0 Å². The quantitative estimate of drug-likeness (QED) is 0.128. The maximum Gasteiger partial charge on any atom is 0.243 e. The molecule has 1 aliphatic carbocycles. The molecule has 47 heavy (non-hydrogen) atoms.